The highest BCUT2D eigenvalue weighted by molar-refractivity contribution is 5.78. The van der Waals surface area contributed by atoms with Crippen molar-refractivity contribution in [1.29, 1.82) is 0 Å². The number of anilines is 1. The van der Waals surface area contributed by atoms with Gasteiger partial charge in [0.2, 0.25) is 5.91 Å². The van der Waals surface area contributed by atoms with Gasteiger partial charge in [-0.25, -0.2) is 0 Å². The Kier molecular flexibility index (Phi) is 3.38. The zero-order valence-corrected chi connectivity index (χ0v) is 12.1. The van der Waals surface area contributed by atoms with Crippen molar-refractivity contribution in [3.05, 3.63) is 23.5 Å². The molecular weight excluding hydrogens is 254 g/mol. The number of nitrogens with one attached hydrogen (secondary N) is 1. The Morgan fingerprint density at radius 1 is 1.25 bits per heavy atom. The van der Waals surface area contributed by atoms with Crippen molar-refractivity contribution in [2.75, 3.05) is 31.1 Å². The molecule has 0 atom stereocenters. The molecule has 2 aliphatic heterocycles. The number of carbonyl (C=O) groups excluding carboxylic acids is 1. The zero-order valence-electron chi connectivity index (χ0n) is 12.1. The van der Waals surface area contributed by atoms with Crippen LogP contribution in [0.5, 0.6) is 0 Å². The number of carbonyl (C=O) groups is 1. The van der Waals surface area contributed by atoms with Gasteiger partial charge in [0.25, 0.3) is 0 Å². The van der Waals surface area contributed by atoms with Gasteiger partial charge in [-0.2, -0.15) is 0 Å². The fourth-order valence-corrected chi connectivity index (χ4v) is 3.07. The Morgan fingerprint density at radius 3 is 2.45 bits per heavy atom. The Morgan fingerprint density at radius 2 is 1.90 bits per heavy atom. The van der Waals surface area contributed by atoms with Crippen LogP contribution >= 0.6 is 0 Å². The highest BCUT2D eigenvalue weighted by atomic mass is 16.5. The third kappa shape index (κ3) is 2.63. The molecule has 3 heterocycles. The number of morpholine rings is 1. The van der Waals surface area contributed by atoms with Crippen molar-refractivity contribution in [3.8, 4) is 0 Å². The Hall–Kier alpha value is -1.62. The van der Waals surface area contributed by atoms with E-state index >= 15 is 0 Å². The predicted molar refractivity (Wildman–Crippen MR) is 76.9 cm³/mol. The number of hydrogen-bond donors (Lipinski definition) is 1. The fraction of sp³-hybridized carbons (Fsp3) is 0.600. The molecule has 2 fully saturated rings. The van der Waals surface area contributed by atoms with Crippen LogP contribution in [0.15, 0.2) is 12.1 Å². The van der Waals surface area contributed by atoms with Gasteiger partial charge in [-0.3, -0.25) is 9.78 Å². The topological polar surface area (TPSA) is 54.5 Å². The number of amides is 1. The molecule has 2 saturated heterocycles. The number of rotatable bonds is 1. The van der Waals surface area contributed by atoms with Crippen LogP contribution in [-0.2, 0) is 9.53 Å². The van der Waals surface area contributed by atoms with Crippen molar-refractivity contribution in [3.63, 3.8) is 0 Å². The third-order valence-corrected chi connectivity index (χ3v) is 4.22. The Labute approximate surface area is 119 Å². The summed E-state index contributed by atoms with van der Waals surface area (Å²) in [6.07, 6.45) is 1.90. The van der Waals surface area contributed by atoms with Crippen molar-refractivity contribution < 1.29 is 9.53 Å². The summed E-state index contributed by atoms with van der Waals surface area (Å²) >= 11 is 0. The highest BCUT2D eigenvalue weighted by Gasteiger charge is 2.39. The van der Waals surface area contributed by atoms with Crippen molar-refractivity contribution in [2.24, 2.45) is 0 Å². The van der Waals surface area contributed by atoms with E-state index in [-0.39, 0.29) is 18.1 Å². The normalized spacial score (nSPS) is 21.9. The van der Waals surface area contributed by atoms with Crippen LogP contribution in [0.25, 0.3) is 0 Å². The molecule has 0 saturated carbocycles. The molecular formula is C15H21N3O2. The van der Waals surface area contributed by atoms with E-state index in [2.05, 4.69) is 27.3 Å². The highest BCUT2D eigenvalue weighted by Crippen LogP contribution is 2.30. The van der Waals surface area contributed by atoms with Gasteiger partial charge in [0.15, 0.2) is 0 Å². The summed E-state index contributed by atoms with van der Waals surface area (Å²) in [4.78, 5) is 18.0. The predicted octanol–water partition coefficient (Wildman–Crippen LogP) is 1.18. The van der Waals surface area contributed by atoms with Crippen LogP contribution in [0.1, 0.15) is 24.2 Å². The summed E-state index contributed by atoms with van der Waals surface area (Å²) < 4.78 is 5.80. The molecule has 0 aliphatic carbocycles. The third-order valence-electron chi connectivity index (χ3n) is 4.22. The molecule has 0 aromatic carbocycles. The second-order valence-electron chi connectivity index (χ2n) is 5.84. The lowest BCUT2D eigenvalue weighted by Crippen LogP contribution is -2.57. The van der Waals surface area contributed by atoms with E-state index < -0.39 is 0 Å². The van der Waals surface area contributed by atoms with Crippen LogP contribution in [0.2, 0.25) is 0 Å². The first-order valence-electron chi connectivity index (χ1n) is 7.17. The average molecular weight is 275 g/mol. The smallest absolute Gasteiger partial charge is 0.246 e. The molecule has 1 aromatic heterocycles. The van der Waals surface area contributed by atoms with Gasteiger partial charge in [-0.15, -0.1) is 0 Å². The molecule has 108 valence electrons. The Bertz CT molecular complexity index is 490. The standard InChI is InChI=1S/C15H21N3O2/c1-11-7-13(8-12(2)17-11)18-5-3-15(4-6-18)10-16-14(19)9-20-15/h7-8H,3-6,9-10H2,1-2H3,(H,16,19). The maximum Gasteiger partial charge on any atom is 0.246 e. The molecule has 1 spiro atoms. The van der Waals surface area contributed by atoms with Crippen LogP contribution < -0.4 is 10.2 Å². The number of nitrogens with zero attached hydrogens (tertiary/aromatic N) is 2. The van der Waals surface area contributed by atoms with Gasteiger partial charge in [0.05, 0.1) is 5.60 Å². The van der Waals surface area contributed by atoms with E-state index in [4.69, 9.17) is 4.74 Å². The number of aryl methyl sites for hydroxylation is 2. The summed E-state index contributed by atoms with van der Waals surface area (Å²) in [5, 5.41) is 2.92. The first kappa shape index (κ1) is 13.4. The minimum absolute atomic E-state index is 0.00145. The molecule has 0 bridgehead atoms. The number of piperidine rings is 1. The van der Waals surface area contributed by atoms with E-state index in [0.29, 0.717) is 6.54 Å². The summed E-state index contributed by atoms with van der Waals surface area (Å²) in [7, 11) is 0. The van der Waals surface area contributed by atoms with Crippen molar-refractivity contribution in [1.82, 2.24) is 10.3 Å². The molecule has 1 amide bonds. The molecule has 3 rings (SSSR count). The van der Waals surface area contributed by atoms with E-state index in [1.165, 1.54) is 5.69 Å². The lowest BCUT2D eigenvalue weighted by molar-refractivity contribution is -0.146. The van der Waals surface area contributed by atoms with Gasteiger partial charge >= 0.3 is 0 Å². The maximum absolute atomic E-state index is 11.2. The summed E-state index contributed by atoms with van der Waals surface area (Å²) in [6, 6.07) is 4.27. The summed E-state index contributed by atoms with van der Waals surface area (Å²) in [6.45, 7) is 6.82. The van der Waals surface area contributed by atoms with Gasteiger partial charge in [0, 0.05) is 36.7 Å². The minimum atomic E-state index is -0.151. The average Bonchev–Trinajstić information content (AvgIpc) is 2.42. The number of aromatic nitrogens is 1. The number of pyridine rings is 1. The van der Waals surface area contributed by atoms with Crippen molar-refractivity contribution >= 4 is 11.6 Å². The fourth-order valence-electron chi connectivity index (χ4n) is 3.07. The quantitative estimate of drug-likeness (QED) is 0.836. The molecule has 1 N–H and O–H groups in total. The summed E-state index contributed by atoms with van der Waals surface area (Å²) in [5.74, 6) is -0.00145. The first-order chi connectivity index (χ1) is 9.56. The molecule has 5 nitrogen and oxygen atoms in total. The van der Waals surface area contributed by atoms with Gasteiger partial charge < -0.3 is 15.0 Å². The van der Waals surface area contributed by atoms with Crippen LogP contribution in [0.3, 0.4) is 0 Å². The van der Waals surface area contributed by atoms with E-state index in [0.717, 1.165) is 37.3 Å². The van der Waals surface area contributed by atoms with Crippen LogP contribution in [0.4, 0.5) is 5.69 Å². The van der Waals surface area contributed by atoms with Crippen molar-refractivity contribution in [2.45, 2.75) is 32.3 Å². The van der Waals surface area contributed by atoms with Gasteiger partial charge in [-0.1, -0.05) is 0 Å². The van der Waals surface area contributed by atoms with Crippen LogP contribution in [0, 0.1) is 13.8 Å². The molecule has 1 aromatic rings. The second-order valence-corrected chi connectivity index (χ2v) is 5.84. The number of hydrogen-bond acceptors (Lipinski definition) is 4. The Balaban J connectivity index is 1.67. The minimum Gasteiger partial charge on any atom is -0.371 e. The van der Waals surface area contributed by atoms with E-state index in [9.17, 15) is 4.79 Å². The van der Waals surface area contributed by atoms with Gasteiger partial charge in [-0.05, 0) is 38.8 Å². The zero-order chi connectivity index (χ0) is 14.2. The lowest BCUT2D eigenvalue weighted by Gasteiger charge is -2.44. The van der Waals surface area contributed by atoms with E-state index in [1.54, 1.807) is 0 Å². The molecule has 2 aliphatic rings. The maximum atomic E-state index is 11.2. The SMILES string of the molecule is Cc1cc(N2CCC3(CC2)CNC(=O)CO3)cc(C)n1. The largest absolute Gasteiger partial charge is 0.371 e. The van der Waals surface area contributed by atoms with E-state index in [1.807, 2.05) is 13.8 Å². The molecule has 5 heteroatoms. The second kappa shape index (κ2) is 5.05. The summed E-state index contributed by atoms with van der Waals surface area (Å²) in [5.41, 5.74) is 3.20. The monoisotopic (exact) mass is 275 g/mol. The molecule has 20 heavy (non-hydrogen) atoms. The number of ether oxygens (including phenoxy) is 1. The molecule has 0 radical (unpaired) electrons. The lowest BCUT2D eigenvalue weighted by atomic mass is 9.89. The molecule has 0 unspecified atom stereocenters. The first-order valence-corrected chi connectivity index (χ1v) is 7.17. The van der Waals surface area contributed by atoms with Gasteiger partial charge in [0.1, 0.15) is 6.61 Å². The van der Waals surface area contributed by atoms with Crippen LogP contribution in [-0.4, -0.2) is 42.7 Å².